The van der Waals surface area contributed by atoms with Crippen LogP contribution in [0, 0.1) is 19.8 Å². The zero-order valence-corrected chi connectivity index (χ0v) is 17.4. The fourth-order valence-electron chi connectivity index (χ4n) is 4.60. The van der Waals surface area contributed by atoms with Gasteiger partial charge in [-0.3, -0.25) is 0 Å². The first-order valence-electron chi connectivity index (χ1n) is 13.4. The van der Waals surface area contributed by atoms with Crippen molar-refractivity contribution in [2.24, 2.45) is 13.0 Å². The molecule has 0 amide bonds. The molecular weight excluding hydrogens is 338 g/mol. The fourth-order valence-corrected chi connectivity index (χ4v) is 4.60. The smallest absolute Gasteiger partial charge is 0.200 e. The summed E-state index contributed by atoms with van der Waals surface area (Å²) in [6, 6.07) is 10.0. The van der Waals surface area contributed by atoms with Crippen molar-refractivity contribution in [2.45, 2.75) is 65.6 Å². The van der Waals surface area contributed by atoms with E-state index in [1.54, 1.807) is 23.7 Å². The molecule has 1 heteroatoms. The molecule has 0 N–H and O–H groups in total. The Morgan fingerprint density at radius 3 is 2.75 bits per heavy atom. The Bertz CT molecular complexity index is 1250. The standard InChI is InChI=1S/C27H34N/c1-18(2)24-14-19(3)20(4)26(17-24)27-25-11-10-22(15-21-8-6-7-9-21)16-23(25)12-13-28(27)5/h10-14,16-18,21H,6-9,15H2,1-5H3/q+1/i1D3,12D,13D,18D. The molecule has 1 aliphatic carbocycles. The van der Waals surface area contributed by atoms with Crippen LogP contribution in [0.1, 0.15) is 75.8 Å². The summed E-state index contributed by atoms with van der Waals surface area (Å²) in [7, 11) is 1.78. The number of benzene rings is 2. The van der Waals surface area contributed by atoms with Gasteiger partial charge in [-0.25, -0.2) is 4.57 Å². The summed E-state index contributed by atoms with van der Waals surface area (Å²) in [6.07, 6.45) is 6.21. The lowest BCUT2D eigenvalue weighted by molar-refractivity contribution is -0.659. The first-order chi connectivity index (χ1) is 15.8. The van der Waals surface area contributed by atoms with Crippen LogP contribution >= 0.6 is 0 Å². The van der Waals surface area contributed by atoms with Crippen LogP contribution in [0.25, 0.3) is 22.0 Å². The largest absolute Gasteiger partial charge is 0.220 e. The highest BCUT2D eigenvalue weighted by atomic mass is 14.9. The van der Waals surface area contributed by atoms with Gasteiger partial charge >= 0.3 is 0 Å². The van der Waals surface area contributed by atoms with Gasteiger partial charge in [0.2, 0.25) is 5.69 Å². The van der Waals surface area contributed by atoms with Crippen molar-refractivity contribution >= 4 is 10.8 Å². The number of fused-ring (bicyclic) bond motifs is 1. The van der Waals surface area contributed by atoms with Crippen molar-refractivity contribution in [3.8, 4) is 11.3 Å². The maximum atomic E-state index is 8.68. The number of aryl methyl sites for hydroxylation is 1. The quantitative estimate of drug-likeness (QED) is 0.439. The molecule has 0 radical (unpaired) electrons. The van der Waals surface area contributed by atoms with Crippen LogP contribution in [-0.4, -0.2) is 0 Å². The molecule has 0 saturated heterocycles. The lowest BCUT2D eigenvalue weighted by Gasteiger charge is -2.15. The molecule has 0 bridgehead atoms. The molecule has 0 aliphatic heterocycles. The number of pyridine rings is 1. The Kier molecular flexibility index (Phi) is 3.61. The number of aromatic nitrogens is 1. The minimum atomic E-state index is -2.48. The Balaban J connectivity index is 1.95. The predicted octanol–water partition coefficient (Wildman–Crippen LogP) is 6.80. The summed E-state index contributed by atoms with van der Waals surface area (Å²) >= 11 is 0. The molecule has 1 saturated carbocycles. The van der Waals surface area contributed by atoms with Gasteiger partial charge in [-0.05, 0) is 71.9 Å². The minimum Gasteiger partial charge on any atom is -0.200 e. The highest BCUT2D eigenvalue weighted by Gasteiger charge is 2.20. The molecule has 146 valence electrons. The molecule has 1 heterocycles. The third kappa shape index (κ3) is 3.60. The molecule has 1 unspecified atom stereocenters. The van der Waals surface area contributed by atoms with Crippen molar-refractivity contribution in [1.29, 1.82) is 0 Å². The average Bonchev–Trinajstić information content (AvgIpc) is 3.27. The van der Waals surface area contributed by atoms with Crippen LogP contribution in [0.4, 0.5) is 0 Å². The Morgan fingerprint density at radius 1 is 1.21 bits per heavy atom. The highest BCUT2D eigenvalue weighted by molar-refractivity contribution is 5.94. The number of hydrogen-bond acceptors (Lipinski definition) is 0. The average molecular weight is 379 g/mol. The van der Waals surface area contributed by atoms with E-state index in [1.165, 1.54) is 38.2 Å². The van der Waals surface area contributed by atoms with Gasteiger partial charge in [-0.15, -0.1) is 0 Å². The first kappa shape index (κ1) is 13.1. The SMILES string of the molecule is [2H]c1c([2H])[n+](C)c(-c2cc(C([2H])(C)C([2H])([2H])[2H])cc(C)c2C)c2ccc(CC3CCCC3)cc12. The zero-order valence-electron chi connectivity index (χ0n) is 23.4. The van der Waals surface area contributed by atoms with Gasteiger partial charge in [0.1, 0.15) is 8.42 Å². The van der Waals surface area contributed by atoms with Gasteiger partial charge in [0, 0.05) is 11.5 Å². The molecule has 2 aromatic carbocycles. The summed E-state index contributed by atoms with van der Waals surface area (Å²) in [5, 5.41) is 1.62. The fraction of sp³-hybridized carbons (Fsp3) is 0.444. The summed E-state index contributed by atoms with van der Waals surface area (Å²) in [5.41, 5.74) is 5.11. The van der Waals surface area contributed by atoms with Gasteiger partial charge in [0.15, 0.2) is 6.17 Å². The van der Waals surface area contributed by atoms with Gasteiger partial charge in [0.25, 0.3) is 0 Å². The van der Waals surface area contributed by atoms with Crippen LogP contribution < -0.4 is 4.57 Å². The maximum absolute atomic E-state index is 8.68. The van der Waals surface area contributed by atoms with Gasteiger partial charge < -0.3 is 0 Å². The Hall–Kier alpha value is -2.15. The van der Waals surface area contributed by atoms with Crippen molar-refractivity contribution in [2.75, 3.05) is 0 Å². The van der Waals surface area contributed by atoms with E-state index < -0.39 is 12.7 Å². The second kappa shape index (κ2) is 7.70. The lowest BCUT2D eigenvalue weighted by Crippen LogP contribution is -2.31. The van der Waals surface area contributed by atoms with Gasteiger partial charge in [0.05, 0.1) is 12.3 Å². The van der Waals surface area contributed by atoms with E-state index in [1.807, 2.05) is 13.8 Å². The molecule has 0 spiro atoms. The van der Waals surface area contributed by atoms with Crippen LogP contribution in [0.2, 0.25) is 0 Å². The second-order valence-corrected chi connectivity index (χ2v) is 8.47. The maximum Gasteiger partial charge on any atom is 0.220 e. The van der Waals surface area contributed by atoms with E-state index in [0.29, 0.717) is 11.5 Å². The molecule has 1 atom stereocenters. The van der Waals surface area contributed by atoms with Crippen LogP contribution in [-0.2, 0) is 13.5 Å². The third-order valence-electron chi connectivity index (χ3n) is 6.39. The molecule has 1 nitrogen and oxygen atoms in total. The predicted molar refractivity (Wildman–Crippen MR) is 120 cm³/mol. The minimum absolute atomic E-state index is 0.118. The molecule has 3 aromatic rings. The summed E-state index contributed by atoms with van der Waals surface area (Å²) in [6.45, 7) is 2.88. The molecule has 4 rings (SSSR count). The number of hydrogen-bond donors (Lipinski definition) is 0. The summed E-state index contributed by atoms with van der Waals surface area (Å²) in [4.78, 5) is 0. The van der Waals surface area contributed by atoms with Crippen molar-refractivity contribution < 1.29 is 12.8 Å². The van der Waals surface area contributed by atoms with Crippen molar-refractivity contribution in [1.82, 2.24) is 0 Å². The third-order valence-corrected chi connectivity index (χ3v) is 6.39. The van der Waals surface area contributed by atoms with E-state index in [-0.39, 0.29) is 12.2 Å². The first-order valence-corrected chi connectivity index (χ1v) is 10.4. The van der Waals surface area contributed by atoms with E-state index in [2.05, 4.69) is 18.2 Å². The molecule has 1 fully saturated rings. The van der Waals surface area contributed by atoms with Gasteiger partial charge in [-0.1, -0.05) is 57.7 Å². The normalized spacial score (nSPS) is 20.7. The molecule has 1 aliphatic rings. The van der Waals surface area contributed by atoms with E-state index >= 15 is 0 Å². The van der Waals surface area contributed by atoms with E-state index in [9.17, 15) is 0 Å². The topological polar surface area (TPSA) is 3.88 Å². The Labute approximate surface area is 178 Å². The van der Waals surface area contributed by atoms with Crippen molar-refractivity contribution in [3.63, 3.8) is 0 Å². The van der Waals surface area contributed by atoms with Crippen LogP contribution in [0.3, 0.4) is 0 Å². The monoisotopic (exact) mass is 378 g/mol. The molecule has 28 heavy (non-hydrogen) atoms. The lowest BCUT2D eigenvalue weighted by atomic mass is 9.90. The second-order valence-electron chi connectivity index (χ2n) is 8.47. The summed E-state index contributed by atoms with van der Waals surface area (Å²) in [5.74, 6) is -1.07. The van der Waals surface area contributed by atoms with Crippen molar-refractivity contribution in [3.05, 3.63) is 64.8 Å². The van der Waals surface area contributed by atoms with Crippen LogP contribution in [0.5, 0.6) is 0 Å². The molecule has 1 aromatic heterocycles. The summed E-state index contributed by atoms with van der Waals surface area (Å²) < 4.78 is 51.4. The van der Waals surface area contributed by atoms with E-state index in [4.69, 9.17) is 8.22 Å². The van der Waals surface area contributed by atoms with Crippen LogP contribution in [0.15, 0.2) is 42.5 Å². The number of rotatable bonds is 4. The molecular formula is C27H34N+. The highest BCUT2D eigenvalue weighted by Crippen LogP contribution is 2.34. The zero-order chi connectivity index (χ0) is 25.0. The van der Waals surface area contributed by atoms with E-state index in [0.717, 1.165) is 39.6 Å². The van der Waals surface area contributed by atoms with Gasteiger partial charge in [-0.2, -0.15) is 0 Å². The Morgan fingerprint density at radius 2 is 2.00 bits per heavy atom. The number of nitrogens with zero attached hydrogens (tertiary/aromatic N) is 1.